The fourth-order valence-corrected chi connectivity index (χ4v) is 2.80. The molecule has 5 nitrogen and oxygen atoms in total. The van der Waals surface area contributed by atoms with Gasteiger partial charge in [-0.3, -0.25) is 0 Å². The number of ether oxygens (including phenoxy) is 2. The van der Waals surface area contributed by atoms with E-state index in [9.17, 15) is 9.90 Å². The van der Waals surface area contributed by atoms with Gasteiger partial charge in [0.1, 0.15) is 29.8 Å². The summed E-state index contributed by atoms with van der Waals surface area (Å²) >= 11 is 3.41. The number of hydrogen-bond acceptors (Lipinski definition) is 5. The maximum Gasteiger partial charge on any atom is 0.338 e. The predicted octanol–water partition coefficient (Wildman–Crippen LogP) is 4.87. The number of fused-ring (bicyclic) bond motifs is 1. The highest BCUT2D eigenvalue weighted by Crippen LogP contribution is 2.27. The van der Waals surface area contributed by atoms with Crippen molar-refractivity contribution in [2.24, 2.45) is 0 Å². The molecule has 0 bridgehead atoms. The van der Waals surface area contributed by atoms with Crippen LogP contribution in [0.5, 0.6) is 5.75 Å². The van der Waals surface area contributed by atoms with Crippen LogP contribution in [0.3, 0.4) is 0 Å². The summed E-state index contributed by atoms with van der Waals surface area (Å²) in [6.07, 6.45) is -1.07. The van der Waals surface area contributed by atoms with Crippen LogP contribution >= 0.6 is 15.9 Å². The lowest BCUT2D eigenvalue weighted by Gasteiger charge is -2.11. The van der Waals surface area contributed by atoms with Gasteiger partial charge in [0, 0.05) is 9.86 Å². The molecule has 1 aromatic heterocycles. The van der Waals surface area contributed by atoms with Crippen molar-refractivity contribution in [1.29, 1.82) is 0 Å². The van der Waals surface area contributed by atoms with Crippen molar-refractivity contribution in [3.8, 4) is 5.75 Å². The Kier molecular flexibility index (Phi) is 5.64. The molecule has 2 aromatic carbocycles. The third kappa shape index (κ3) is 4.45. The lowest BCUT2D eigenvalue weighted by Crippen LogP contribution is -2.12. The summed E-state index contributed by atoms with van der Waals surface area (Å²) in [5.74, 6) is 0.610. The Balaban J connectivity index is 1.61. The van der Waals surface area contributed by atoms with E-state index in [1.165, 1.54) is 0 Å². The molecule has 26 heavy (non-hydrogen) atoms. The minimum absolute atomic E-state index is 0.0385. The summed E-state index contributed by atoms with van der Waals surface area (Å²) in [7, 11) is 0. The largest absolute Gasteiger partial charge is 0.490 e. The zero-order valence-corrected chi connectivity index (χ0v) is 16.0. The molecule has 0 aliphatic heterocycles. The number of carbonyl (C=O) groups excluding carboxylic acids is 1. The molecule has 1 atom stereocenters. The highest BCUT2D eigenvalue weighted by Gasteiger charge is 2.15. The molecule has 6 heteroatoms. The molecular weight excluding hydrogens is 400 g/mol. The van der Waals surface area contributed by atoms with Crippen LogP contribution in [0.1, 0.15) is 36.1 Å². The van der Waals surface area contributed by atoms with Gasteiger partial charge in [-0.05, 0) is 62.4 Å². The van der Waals surface area contributed by atoms with Crippen molar-refractivity contribution in [2.75, 3.05) is 6.61 Å². The molecule has 3 rings (SSSR count). The van der Waals surface area contributed by atoms with Gasteiger partial charge in [0.15, 0.2) is 0 Å². The molecule has 0 fully saturated rings. The Bertz CT molecular complexity index is 898. The normalized spacial score (nSPS) is 12.3. The smallest absolute Gasteiger partial charge is 0.338 e. The van der Waals surface area contributed by atoms with Crippen molar-refractivity contribution < 1.29 is 23.8 Å². The number of esters is 1. The Hall–Kier alpha value is -2.31. The second-order valence-electron chi connectivity index (χ2n) is 6.14. The number of aliphatic hydroxyl groups is 1. The van der Waals surface area contributed by atoms with Crippen molar-refractivity contribution >= 4 is 32.9 Å². The summed E-state index contributed by atoms with van der Waals surface area (Å²) in [5, 5.41) is 11.2. The Morgan fingerprint density at radius 2 is 1.88 bits per heavy atom. The monoisotopic (exact) mass is 418 g/mol. The fraction of sp³-hybridized carbons (Fsp3) is 0.250. The summed E-state index contributed by atoms with van der Waals surface area (Å²) in [4.78, 5) is 11.8. The predicted molar refractivity (Wildman–Crippen MR) is 101 cm³/mol. The molecule has 0 radical (unpaired) electrons. The van der Waals surface area contributed by atoms with Crippen LogP contribution in [0, 0.1) is 0 Å². The van der Waals surface area contributed by atoms with Crippen LogP contribution in [-0.4, -0.2) is 23.8 Å². The topological polar surface area (TPSA) is 68.9 Å². The summed E-state index contributed by atoms with van der Waals surface area (Å²) < 4.78 is 17.3. The van der Waals surface area contributed by atoms with Gasteiger partial charge in [-0.1, -0.05) is 15.9 Å². The number of benzene rings is 2. The molecule has 0 saturated carbocycles. The Morgan fingerprint density at radius 1 is 1.15 bits per heavy atom. The second kappa shape index (κ2) is 7.93. The maximum atomic E-state index is 11.8. The number of hydrogen-bond donors (Lipinski definition) is 1. The van der Waals surface area contributed by atoms with Gasteiger partial charge >= 0.3 is 5.97 Å². The van der Waals surface area contributed by atoms with Gasteiger partial charge in [0.25, 0.3) is 0 Å². The van der Waals surface area contributed by atoms with Crippen molar-refractivity contribution in [3.05, 3.63) is 64.3 Å². The van der Waals surface area contributed by atoms with Crippen LogP contribution in [0.2, 0.25) is 0 Å². The van der Waals surface area contributed by atoms with Gasteiger partial charge in [-0.25, -0.2) is 4.79 Å². The van der Waals surface area contributed by atoms with Gasteiger partial charge in [-0.15, -0.1) is 0 Å². The quantitative estimate of drug-likeness (QED) is 0.578. The van der Waals surface area contributed by atoms with Crippen LogP contribution in [-0.2, 0) is 4.74 Å². The van der Waals surface area contributed by atoms with Crippen LogP contribution in [0.4, 0.5) is 0 Å². The third-order valence-corrected chi connectivity index (χ3v) is 4.16. The summed E-state index contributed by atoms with van der Waals surface area (Å²) in [6.45, 7) is 3.64. The van der Waals surface area contributed by atoms with Gasteiger partial charge in [0.2, 0.25) is 0 Å². The molecule has 0 amide bonds. The van der Waals surface area contributed by atoms with E-state index in [1.54, 1.807) is 44.2 Å². The van der Waals surface area contributed by atoms with Crippen molar-refractivity contribution in [3.63, 3.8) is 0 Å². The molecule has 1 unspecified atom stereocenters. The molecule has 0 spiro atoms. The lowest BCUT2D eigenvalue weighted by molar-refractivity contribution is 0.0377. The SMILES string of the molecule is CC(C)OC(=O)c1ccc(OCC(O)c2cc3cc(Br)ccc3o2)cc1. The van der Waals surface area contributed by atoms with Gasteiger partial charge in [0.05, 0.1) is 11.7 Å². The molecule has 3 aromatic rings. The molecule has 1 heterocycles. The van der Waals surface area contributed by atoms with Crippen molar-refractivity contribution in [1.82, 2.24) is 0 Å². The van der Waals surface area contributed by atoms with E-state index in [4.69, 9.17) is 13.9 Å². The second-order valence-corrected chi connectivity index (χ2v) is 7.05. The fourth-order valence-electron chi connectivity index (χ4n) is 2.43. The number of aliphatic hydroxyl groups excluding tert-OH is 1. The molecular formula is C20H19BrO5. The molecule has 0 aliphatic rings. The van der Waals surface area contributed by atoms with Gasteiger partial charge in [-0.2, -0.15) is 0 Å². The standard InChI is InChI=1S/C20H19BrO5/c1-12(2)25-20(23)13-3-6-16(7-4-13)24-11-17(22)19-10-14-9-15(21)5-8-18(14)26-19/h3-10,12,17,22H,11H2,1-2H3. The zero-order chi connectivity index (χ0) is 18.7. The van der Waals surface area contributed by atoms with E-state index in [1.807, 2.05) is 18.2 Å². The van der Waals surface area contributed by atoms with E-state index in [0.717, 1.165) is 9.86 Å². The molecule has 1 N–H and O–H groups in total. The average molecular weight is 419 g/mol. The van der Waals surface area contributed by atoms with E-state index < -0.39 is 6.10 Å². The first-order valence-corrected chi connectivity index (χ1v) is 9.02. The lowest BCUT2D eigenvalue weighted by atomic mass is 10.2. The third-order valence-electron chi connectivity index (χ3n) is 3.67. The van der Waals surface area contributed by atoms with Crippen molar-refractivity contribution in [2.45, 2.75) is 26.1 Å². The number of carbonyl (C=O) groups is 1. The maximum absolute atomic E-state index is 11.8. The summed E-state index contributed by atoms with van der Waals surface area (Å²) in [6, 6.07) is 14.0. The highest BCUT2D eigenvalue weighted by molar-refractivity contribution is 9.10. The first-order chi connectivity index (χ1) is 12.4. The Labute approximate surface area is 159 Å². The number of halogens is 1. The first-order valence-electron chi connectivity index (χ1n) is 8.23. The first kappa shape index (κ1) is 18.5. The van der Waals surface area contributed by atoms with E-state index in [2.05, 4.69) is 15.9 Å². The van der Waals surface area contributed by atoms with Crippen LogP contribution < -0.4 is 4.74 Å². The highest BCUT2D eigenvalue weighted by atomic mass is 79.9. The number of rotatable bonds is 6. The molecule has 0 aliphatic carbocycles. The van der Waals surface area contributed by atoms with E-state index >= 15 is 0 Å². The minimum Gasteiger partial charge on any atom is -0.490 e. The zero-order valence-electron chi connectivity index (χ0n) is 14.4. The summed E-state index contributed by atoms with van der Waals surface area (Å²) in [5.41, 5.74) is 1.16. The van der Waals surface area contributed by atoms with Crippen LogP contribution in [0.15, 0.2) is 57.4 Å². The van der Waals surface area contributed by atoms with Gasteiger partial charge < -0.3 is 19.0 Å². The van der Waals surface area contributed by atoms with E-state index in [-0.39, 0.29) is 18.7 Å². The van der Waals surface area contributed by atoms with Crippen LogP contribution in [0.25, 0.3) is 11.0 Å². The Morgan fingerprint density at radius 3 is 2.58 bits per heavy atom. The average Bonchev–Trinajstić information content (AvgIpc) is 3.02. The number of furan rings is 1. The van der Waals surface area contributed by atoms with E-state index in [0.29, 0.717) is 22.7 Å². The molecule has 0 saturated heterocycles. The molecule has 136 valence electrons. The minimum atomic E-state index is -0.897.